The lowest BCUT2D eigenvalue weighted by atomic mass is 9.93. The van der Waals surface area contributed by atoms with Gasteiger partial charge in [0.2, 0.25) is 0 Å². The normalized spacial score (nSPS) is 13.3. The lowest BCUT2D eigenvalue weighted by Crippen LogP contribution is -2.11. The molecule has 0 aliphatic carbocycles. The van der Waals surface area contributed by atoms with Crippen molar-refractivity contribution in [3.05, 3.63) is 34.7 Å². The zero-order chi connectivity index (χ0) is 13.7. The van der Waals surface area contributed by atoms with E-state index in [9.17, 15) is 13.2 Å². The number of nitrogens with zero attached hydrogens (tertiary/aromatic N) is 2. The number of pyridine rings is 1. The highest BCUT2D eigenvalue weighted by molar-refractivity contribution is 6.33. The highest BCUT2D eigenvalue weighted by Gasteiger charge is 2.32. The van der Waals surface area contributed by atoms with Crippen molar-refractivity contribution in [3.8, 4) is 0 Å². The van der Waals surface area contributed by atoms with Crippen molar-refractivity contribution in [2.75, 3.05) is 0 Å². The van der Waals surface area contributed by atoms with Crippen LogP contribution in [-0.4, -0.2) is 9.38 Å². The van der Waals surface area contributed by atoms with Crippen LogP contribution in [0.3, 0.4) is 0 Å². The average Bonchev–Trinajstić information content (AvgIpc) is 2.59. The van der Waals surface area contributed by atoms with Gasteiger partial charge in [-0.05, 0) is 6.07 Å². The number of hydrogen-bond donors (Lipinski definition) is 0. The Kier molecular flexibility index (Phi) is 2.85. The molecular formula is C12H12ClF3N2. The molecule has 2 nitrogen and oxygen atoms in total. The van der Waals surface area contributed by atoms with Gasteiger partial charge in [0.05, 0.1) is 16.3 Å². The van der Waals surface area contributed by atoms with Crippen LogP contribution in [0, 0.1) is 0 Å². The Morgan fingerprint density at radius 2 is 1.78 bits per heavy atom. The second-order valence-corrected chi connectivity index (χ2v) is 5.59. The minimum Gasteiger partial charge on any atom is -0.305 e. The molecule has 0 fully saturated rings. The smallest absolute Gasteiger partial charge is 0.305 e. The van der Waals surface area contributed by atoms with Crippen molar-refractivity contribution in [2.24, 2.45) is 0 Å². The van der Waals surface area contributed by atoms with Gasteiger partial charge < -0.3 is 4.40 Å². The maximum absolute atomic E-state index is 12.6. The van der Waals surface area contributed by atoms with Crippen molar-refractivity contribution >= 4 is 17.2 Å². The molecule has 0 bridgehead atoms. The van der Waals surface area contributed by atoms with Gasteiger partial charge in [0, 0.05) is 17.8 Å². The third-order valence-corrected chi connectivity index (χ3v) is 2.88. The van der Waals surface area contributed by atoms with Gasteiger partial charge in [0.15, 0.2) is 5.65 Å². The molecule has 0 radical (unpaired) electrons. The molecule has 2 rings (SSSR count). The van der Waals surface area contributed by atoms with Crippen LogP contribution in [0.4, 0.5) is 13.2 Å². The molecule has 2 aromatic rings. The number of aromatic nitrogens is 2. The van der Waals surface area contributed by atoms with Gasteiger partial charge in [0.25, 0.3) is 0 Å². The quantitative estimate of drug-likeness (QED) is 0.701. The number of rotatable bonds is 0. The number of alkyl halides is 3. The Balaban J connectivity index is 2.67. The summed E-state index contributed by atoms with van der Waals surface area (Å²) in [7, 11) is 0. The predicted molar refractivity (Wildman–Crippen MR) is 63.9 cm³/mol. The molecule has 0 spiro atoms. The van der Waals surface area contributed by atoms with Crippen molar-refractivity contribution in [2.45, 2.75) is 32.4 Å². The third kappa shape index (κ3) is 2.32. The van der Waals surface area contributed by atoms with Gasteiger partial charge in [-0.15, -0.1) is 0 Å². The largest absolute Gasteiger partial charge is 0.417 e. The van der Waals surface area contributed by atoms with Crippen molar-refractivity contribution in [3.63, 3.8) is 0 Å². The molecule has 2 aromatic heterocycles. The van der Waals surface area contributed by atoms with Gasteiger partial charge in [0.1, 0.15) is 0 Å². The number of imidazole rings is 1. The van der Waals surface area contributed by atoms with Crippen LogP contribution in [0.1, 0.15) is 32.0 Å². The summed E-state index contributed by atoms with van der Waals surface area (Å²) in [5.41, 5.74) is 0.0180. The Labute approximate surface area is 107 Å². The highest BCUT2D eigenvalue weighted by atomic mass is 35.5. The average molecular weight is 277 g/mol. The zero-order valence-electron chi connectivity index (χ0n) is 10.1. The van der Waals surface area contributed by atoms with E-state index in [0.717, 1.165) is 12.3 Å². The zero-order valence-corrected chi connectivity index (χ0v) is 10.9. The molecule has 0 N–H and O–H groups in total. The molecule has 98 valence electrons. The molecule has 0 aliphatic rings. The van der Waals surface area contributed by atoms with Gasteiger partial charge in [-0.2, -0.15) is 13.2 Å². The van der Waals surface area contributed by atoms with E-state index in [0.29, 0.717) is 11.3 Å². The van der Waals surface area contributed by atoms with Crippen molar-refractivity contribution in [1.29, 1.82) is 0 Å². The number of fused-ring (bicyclic) bond motifs is 1. The molecule has 0 atom stereocenters. The fourth-order valence-corrected chi connectivity index (χ4v) is 1.83. The van der Waals surface area contributed by atoms with E-state index in [1.165, 1.54) is 4.40 Å². The first-order valence-electron chi connectivity index (χ1n) is 5.35. The molecule has 6 heteroatoms. The molecule has 0 amide bonds. The van der Waals surface area contributed by atoms with E-state index in [-0.39, 0.29) is 10.4 Å². The molecule has 0 aliphatic heterocycles. The van der Waals surface area contributed by atoms with E-state index >= 15 is 0 Å². The van der Waals surface area contributed by atoms with Crippen LogP contribution >= 0.6 is 11.6 Å². The maximum atomic E-state index is 12.6. The SMILES string of the molecule is CC(C)(C)c1cn2cc(C(F)(F)F)cc(Cl)c2n1. The summed E-state index contributed by atoms with van der Waals surface area (Å²) in [5, 5.41) is 0.000301. The molecule has 2 heterocycles. The highest BCUT2D eigenvalue weighted by Crippen LogP contribution is 2.33. The Morgan fingerprint density at radius 1 is 1.17 bits per heavy atom. The second kappa shape index (κ2) is 3.88. The number of halogens is 4. The van der Waals surface area contributed by atoms with Crippen molar-refractivity contribution in [1.82, 2.24) is 9.38 Å². The molecule has 0 aromatic carbocycles. The minimum absolute atomic E-state index is 0.000301. The first-order valence-corrected chi connectivity index (χ1v) is 5.73. The van der Waals surface area contributed by atoms with Crippen LogP contribution in [0.5, 0.6) is 0 Å². The van der Waals surface area contributed by atoms with Gasteiger partial charge in [-0.25, -0.2) is 4.98 Å². The third-order valence-electron chi connectivity index (χ3n) is 2.60. The first kappa shape index (κ1) is 13.2. The van der Waals surface area contributed by atoms with Crippen LogP contribution < -0.4 is 0 Å². The maximum Gasteiger partial charge on any atom is 0.417 e. The summed E-state index contributed by atoms with van der Waals surface area (Å²) in [6, 6.07) is 0.899. The van der Waals surface area contributed by atoms with Crippen LogP contribution in [0.2, 0.25) is 5.02 Å². The van der Waals surface area contributed by atoms with Crippen LogP contribution in [0.25, 0.3) is 5.65 Å². The van der Waals surface area contributed by atoms with E-state index in [4.69, 9.17) is 11.6 Å². The van der Waals surface area contributed by atoms with Crippen molar-refractivity contribution < 1.29 is 13.2 Å². The Hall–Kier alpha value is -1.23. The summed E-state index contributed by atoms with van der Waals surface area (Å²) < 4.78 is 39.3. The predicted octanol–water partition coefficient (Wildman–Crippen LogP) is 4.30. The lowest BCUT2D eigenvalue weighted by molar-refractivity contribution is -0.137. The summed E-state index contributed by atoms with van der Waals surface area (Å²) >= 11 is 5.85. The van der Waals surface area contributed by atoms with E-state index in [2.05, 4.69) is 4.98 Å². The molecule has 0 saturated heterocycles. The van der Waals surface area contributed by atoms with Crippen LogP contribution in [0.15, 0.2) is 18.5 Å². The van der Waals surface area contributed by atoms with E-state index in [1.54, 1.807) is 6.20 Å². The molecule has 0 saturated carbocycles. The summed E-state index contributed by atoms with van der Waals surface area (Å²) in [6.07, 6.45) is -1.83. The van der Waals surface area contributed by atoms with E-state index in [1.807, 2.05) is 20.8 Å². The lowest BCUT2D eigenvalue weighted by Gasteiger charge is -2.13. The molecular weight excluding hydrogens is 265 g/mol. The number of hydrogen-bond acceptors (Lipinski definition) is 1. The molecule has 18 heavy (non-hydrogen) atoms. The molecule has 0 unspecified atom stereocenters. The summed E-state index contributed by atoms with van der Waals surface area (Å²) in [6.45, 7) is 5.81. The Bertz CT molecular complexity index is 594. The van der Waals surface area contributed by atoms with Gasteiger partial charge in [-0.3, -0.25) is 0 Å². The second-order valence-electron chi connectivity index (χ2n) is 5.18. The topological polar surface area (TPSA) is 17.3 Å². The van der Waals surface area contributed by atoms with Gasteiger partial charge in [-0.1, -0.05) is 32.4 Å². The fourth-order valence-electron chi connectivity index (χ4n) is 1.57. The van der Waals surface area contributed by atoms with E-state index < -0.39 is 11.7 Å². The fraction of sp³-hybridized carbons (Fsp3) is 0.417. The Morgan fingerprint density at radius 3 is 2.28 bits per heavy atom. The summed E-state index contributed by atoms with van der Waals surface area (Å²) in [4.78, 5) is 4.27. The van der Waals surface area contributed by atoms with Crippen LogP contribution in [-0.2, 0) is 11.6 Å². The first-order chi connectivity index (χ1) is 8.09. The van der Waals surface area contributed by atoms with Gasteiger partial charge >= 0.3 is 6.18 Å². The monoisotopic (exact) mass is 276 g/mol. The minimum atomic E-state index is -4.41. The summed E-state index contributed by atoms with van der Waals surface area (Å²) in [5.74, 6) is 0. The standard InChI is InChI=1S/C12H12ClF3N2/c1-11(2,3)9-6-18-5-7(12(14,15)16)4-8(13)10(18)17-9/h4-6H,1-3H3.